The Kier molecular flexibility index (Phi) is 4.61. The normalized spacial score (nSPS) is 27.0. The predicted molar refractivity (Wildman–Crippen MR) is 32.5 cm³/mol. The van der Waals surface area contributed by atoms with Gasteiger partial charge in [-0.2, -0.15) is 0 Å². The molecular formula is C5H13NO3. The van der Waals surface area contributed by atoms with Gasteiger partial charge in [0.2, 0.25) is 0 Å². The van der Waals surface area contributed by atoms with Crippen LogP contribution in [0, 0.1) is 0 Å². The zero-order valence-electron chi connectivity index (χ0n) is 5.30. The number of hydrogen-bond acceptors (Lipinski definition) is 3. The zero-order valence-corrected chi connectivity index (χ0v) is 5.30. The molecule has 1 rings (SSSR count). The van der Waals surface area contributed by atoms with E-state index in [9.17, 15) is 0 Å². The Bertz CT molecular complexity index is 63.2. The summed E-state index contributed by atoms with van der Waals surface area (Å²) < 4.78 is 5.08. The first-order valence-electron chi connectivity index (χ1n) is 2.90. The molecule has 1 aliphatic heterocycles. The third-order valence-electron chi connectivity index (χ3n) is 1.29. The lowest BCUT2D eigenvalue weighted by atomic mass is 10.2. The third kappa shape index (κ3) is 2.76. The van der Waals surface area contributed by atoms with Crippen molar-refractivity contribution in [1.82, 2.24) is 0 Å². The molecule has 4 heteroatoms. The molecule has 4 nitrogen and oxygen atoms in total. The van der Waals surface area contributed by atoms with Gasteiger partial charge in [-0.25, -0.2) is 5.90 Å². The van der Waals surface area contributed by atoms with Gasteiger partial charge in [-0.15, -0.1) is 0 Å². The summed E-state index contributed by atoms with van der Waals surface area (Å²) in [5.41, 5.74) is 0. The molecule has 1 heterocycles. The van der Waals surface area contributed by atoms with Gasteiger partial charge in [-0.3, -0.25) is 4.84 Å². The second-order valence-electron chi connectivity index (χ2n) is 1.93. The van der Waals surface area contributed by atoms with Gasteiger partial charge in [0.05, 0.1) is 0 Å². The second-order valence-corrected chi connectivity index (χ2v) is 1.93. The summed E-state index contributed by atoms with van der Waals surface area (Å²) in [5, 5.41) is 0. The van der Waals surface area contributed by atoms with Crippen molar-refractivity contribution in [3.05, 3.63) is 0 Å². The zero-order chi connectivity index (χ0) is 5.82. The topological polar surface area (TPSA) is 76.0 Å². The molecule has 9 heavy (non-hydrogen) atoms. The van der Waals surface area contributed by atoms with E-state index < -0.39 is 0 Å². The van der Waals surface area contributed by atoms with Crippen LogP contribution in [0.5, 0.6) is 0 Å². The summed E-state index contributed by atoms with van der Waals surface area (Å²) in [6.45, 7) is 0.794. The van der Waals surface area contributed by atoms with Crippen molar-refractivity contribution in [1.29, 1.82) is 0 Å². The third-order valence-corrected chi connectivity index (χ3v) is 1.29. The smallest absolute Gasteiger partial charge is 0.176 e. The van der Waals surface area contributed by atoms with Crippen LogP contribution in [0.3, 0.4) is 0 Å². The Morgan fingerprint density at radius 3 is 2.56 bits per heavy atom. The summed E-state index contributed by atoms with van der Waals surface area (Å²) in [6, 6.07) is 0. The molecule has 0 spiro atoms. The maximum atomic E-state index is 5.08. The Morgan fingerprint density at radius 1 is 1.44 bits per heavy atom. The highest BCUT2D eigenvalue weighted by atomic mass is 16.7. The van der Waals surface area contributed by atoms with E-state index in [0.29, 0.717) is 0 Å². The minimum absolute atomic E-state index is 0. The monoisotopic (exact) mass is 135 g/mol. The first-order valence-corrected chi connectivity index (χ1v) is 2.90. The highest BCUT2D eigenvalue weighted by molar-refractivity contribution is 4.51. The van der Waals surface area contributed by atoms with Crippen LogP contribution in [-0.2, 0) is 9.57 Å². The molecule has 1 unspecified atom stereocenters. The molecule has 0 amide bonds. The minimum Gasteiger partial charge on any atom is -0.412 e. The fraction of sp³-hybridized carbons (Fsp3) is 1.00. The predicted octanol–water partition coefficient (Wildman–Crippen LogP) is -0.421. The molecule has 4 N–H and O–H groups in total. The van der Waals surface area contributed by atoms with E-state index in [1.165, 1.54) is 6.42 Å². The van der Waals surface area contributed by atoms with Crippen molar-refractivity contribution in [2.75, 3.05) is 6.61 Å². The average Bonchev–Trinajstić information content (AvgIpc) is 1.90. The molecule has 1 atom stereocenters. The van der Waals surface area contributed by atoms with Gasteiger partial charge >= 0.3 is 0 Å². The van der Waals surface area contributed by atoms with Crippen molar-refractivity contribution in [2.45, 2.75) is 25.6 Å². The molecule has 0 radical (unpaired) electrons. The number of rotatable bonds is 1. The Morgan fingerprint density at radius 2 is 2.22 bits per heavy atom. The van der Waals surface area contributed by atoms with Gasteiger partial charge in [0, 0.05) is 13.0 Å². The highest BCUT2D eigenvalue weighted by Gasteiger charge is 2.11. The van der Waals surface area contributed by atoms with E-state index in [1.54, 1.807) is 0 Å². The summed E-state index contributed by atoms with van der Waals surface area (Å²) >= 11 is 0. The summed E-state index contributed by atoms with van der Waals surface area (Å²) in [6.07, 6.45) is 3.11. The average molecular weight is 135 g/mol. The molecule has 0 aliphatic carbocycles. The molecule has 1 aliphatic rings. The van der Waals surface area contributed by atoms with Gasteiger partial charge in [0.1, 0.15) is 0 Å². The van der Waals surface area contributed by atoms with Crippen LogP contribution in [0.25, 0.3) is 0 Å². The van der Waals surface area contributed by atoms with Crippen LogP contribution in [0.2, 0.25) is 0 Å². The van der Waals surface area contributed by atoms with E-state index in [0.717, 1.165) is 19.4 Å². The standard InChI is InChI=1S/C5H11NO2.H2O/c6-8-5-3-1-2-4-7-5;/h5H,1-4,6H2;1H2. The molecule has 0 aromatic rings. The summed E-state index contributed by atoms with van der Waals surface area (Å²) in [5.74, 6) is 4.88. The van der Waals surface area contributed by atoms with Gasteiger partial charge in [0.15, 0.2) is 6.29 Å². The van der Waals surface area contributed by atoms with Crippen LogP contribution in [-0.4, -0.2) is 18.4 Å². The minimum atomic E-state index is -0.135. The Labute approximate surface area is 54.2 Å². The van der Waals surface area contributed by atoms with E-state index in [-0.39, 0.29) is 11.8 Å². The molecule has 0 bridgehead atoms. The lowest BCUT2D eigenvalue weighted by molar-refractivity contribution is -0.164. The van der Waals surface area contributed by atoms with E-state index in [4.69, 9.17) is 10.6 Å². The first-order chi connectivity index (χ1) is 3.93. The molecule has 0 aromatic heterocycles. The molecule has 0 aromatic carbocycles. The van der Waals surface area contributed by atoms with E-state index in [1.807, 2.05) is 0 Å². The van der Waals surface area contributed by atoms with Crippen LogP contribution in [0.4, 0.5) is 0 Å². The lowest BCUT2D eigenvalue weighted by Gasteiger charge is -2.19. The molecule has 0 saturated carbocycles. The SMILES string of the molecule is NOC1CCCCO1.O. The second kappa shape index (κ2) is 4.69. The van der Waals surface area contributed by atoms with Crippen LogP contribution >= 0.6 is 0 Å². The van der Waals surface area contributed by atoms with Crippen LogP contribution in [0.1, 0.15) is 19.3 Å². The molecule has 56 valence electrons. The van der Waals surface area contributed by atoms with Crippen molar-refractivity contribution in [3.63, 3.8) is 0 Å². The van der Waals surface area contributed by atoms with Crippen molar-refractivity contribution < 1.29 is 15.1 Å². The van der Waals surface area contributed by atoms with Gasteiger partial charge in [-0.1, -0.05) is 0 Å². The summed E-state index contributed by atoms with van der Waals surface area (Å²) in [7, 11) is 0. The van der Waals surface area contributed by atoms with Crippen molar-refractivity contribution >= 4 is 0 Å². The van der Waals surface area contributed by atoms with Gasteiger partial charge in [-0.05, 0) is 12.8 Å². The van der Waals surface area contributed by atoms with E-state index in [2.05, 4.69) is 4.84 Å². The largest absolute Gasteiger partial charge is 0.412 e. The fourth-order valence-electron chi connectivity index (χ4n) is 0.819. The Hall–Kier alpha value is -0.160. The lowest BCUT2D eigenvalue weighted by Crippen LogP contribution is -2.24. The van der Waals surface area contributed by atoms with Crippen molar-refractivity contribution in [2.24, 2.45) is 5.90 Å². The maximum Gasteiger partial charge on any atom is 0.176 e. The molecule has 1 fully saturated rings. The first kappa shape index (κ1) is 8.84. The number of hydrogen-bond donors (Lipinski definition) is 1. The van der Waals surface area contributed by atoms with Gasteiger partial charge in [0.25, 0.3) is 0 Å². The summed E-state index contributed by atoms with van der Waals surface area (Å²) in [4.78, 5) is 4.47. The Balaban J connectivity index is 0.000000640. The van der Waals surface area contributed by atoms with Crippen LogP contribution in [0.15, 0.2) is 0 Å². The quantitative estimate of drug-likeness (QED) is 0.496. The van der Waals surface area contributed by atoms with Crippen molar-refractivity contribution in [3.8, 4) is 0 Å². The highest BCUT2D eigenvalue weighted by Crippen LogP contribution is 2.11. The van der Waals surface area contributed by atoms with Gasteiger partial charge < -0.3 is 10.2 Å². The maximum absolute atomic E-state index is 5.08. The molecule has 1 saturated heterocycles. The fourth-order valence-corrected chi connectivity index (χ4v) is 0.819. The molecular weight excluding hydrogens is 122 g/mol. The van der Waals surface area contributed by atoms with Crippen LogP contribution < -0.4 is 5.90 Å². The number of nitrogens with two attached hydrogens (primary N) is 1. The van der Waals surface area contributed by atoms with E-state index >= 15 is 0 Å². The number of ether oxygens (including phenoxy) is 1.